The van der Waals surface area contributed by atoms with Gasteiger partial charge in [0.05, 0.1) is 22.9 Å². The van der Waals surface area contributed by atoms with Crippen molar-refractivity contribution in [2.45, 2.75) is 0 Å². The maximum atomic E-state index is 13.2. The first kappa shape index (κ1) is 7.81. The molecule has 0 N–H and O–H groups in total. The van der Waals surface area contributed by atoms with Gasteiger partial charge in [0.1, 0.15) is 5.82 Å². The normalized spacial score (nSPS) is 10.2. The predicted octanol–water partition coefficient (Wildman–Crippen LogP) is 1.69. The molecule has 0 saturated carbocycles. The molecule has 0 saturated heterocycles. The van der Waals surface area contributed by atoms with Crippen LogP contribution in [0.1, 0.15) is 5.56 Å². The summed E-state index contributed by atoms with van der Waals surface area (Å²) < 4.78 is 14.9. The van der Waals surface area contributed by atoms with Crippen molar-refractivity contribution in [1.82, 2.24) is 9.55 Å². The number of hydrogen-bond acceptors (Lipinski definition) is 1. The number of halogens is 1. The fraction of sp³-hybridized carbons (Fsp3) is 0.100. The number of rotatable bonds is 0. The lowest BCUT2D eigenvalue weighted by Crippen LogP contribution is -1.87. The van der Waals surface area contributed by atoms with E-state index in [0.29, 0.717) is 0 Å². The minimum absolute atomic E-state index is 0.256. The van der Waals surface area contributed by atoms with Crippen LogP contribution in [0.4, 0.5) is 4.39 Å². The summed E-state index contributed by atoms with van der Waals surface area (Å²) in [5, 5.41) is 0. The number of imidazole rings is 1. The Labute approximate surface area is 75.0 Å². The van der Waals surface area contributed by atoms with E-state index < -0.39 is 0 Å². The topological polar surface area (TPSA) is 17.8 Å². The molecule has 2 rings (SSSR count). The van der Waals surface area contributed by atoms with E-state index in [0.717, 1.165) is 11.0 Å². The van der Waals surface area contributed by atoms with Crippen molar-refractivity contribution >= 4 is 11.0 Å². The molecule has 0 fully saturated rings. The van der Waals surface area contributed by atoms with E-state index in [9.17, 15) is 4.39 Å². The lowest BCUT2D eigenvalue weighted by molar-refractivity contribution is 0.625. The molecule has 1 aromatic carbocycles. The van der Waals surface area contributed by atoms with Crippen LogP contribution in [0.15, 0.2) is 18.5 Å². The van der Waals surface area contributed by atoms with Gasteiger partial charge in [-0.2, -0.15) is 0 Å². The van der Waals surface area contributed by atoms with Gasteiger partial charge in [-0.1, -0.05) is 5.92 Å². The van der Waals surface area contributed by atoms with E-state index in [4.69, 9.17) is 6.42 Å². The lowest BCUT2D eigenvalue weighted by atomic mass is 10.2. The predicted molar refractivity (Wildman–Crippen MR) is 48.6 cm³/mol. The second kappa shape index (κ2) is 2.60. The van der Waals surface area contributed by atoms with Gasteiger partial charge in [0.25, 0.3) is 0 Å². The molecule has 0 aliphatic heterocycles. The minimum atomic E-state index is -0.376. The van der Waals surface area contributed by atoms with Crippen LogP contribution in [0.3, 0.4) is 0 Å². The van der Waals surface area contributed by atoms with Gasteiger partial charge in [-0.15, -0.1) is 6.42 Å². The third-order valence-corrected chi connectivity index (χ3v) is 1.97. The van der Waals surface area contributed by atoms with Gasteiger partial charge < -0.3 is 4.57 Å². The maximum Gasteiger partial charge on any atom is 0.141 e. The third kappa shape index (κ3) is 1.07. The average Bonchev–Trinajstić information content (AvgIpc) is 2.47. The minimum Gasteiger partial charge on any atom is -0.334 e. The van der Waals surface area contributed by atoms with E-state index >= 15 is 0 Å². The van der Waals surface area contributed by atoms with Crippen LogP contribution >= 0.6 is 0 Å². The molecule has 0 bridgehead atoms. The second-order valence-electron chi connectivity index (χ2n) is 2.82. The first-order chi connectivity index (χ1) is 6.22. The SMILES string of the molecule is C#Cc1cc2ncn(C)c2cc1F. The lowest BCUT2D eigenvalue weighted by Gasteiger charge is -1.96. The Morgan fingerprint density at radius 1 is 1.54 bits per heavy atom. The Bertz CT molecular complexity index is 505. The van der Waals surface area contributed by atoms with Crippen molar-refractivity contribution in [2.75, 3.05) is 0 Å². The van der Waals surface area contributed by atoms with Gasteiger partial charge in [-0.05, 0) is 6.07 Å². The van der Waals surface area contributed by atoms with Crippen molar-refractivity contribution in [3.8, 4) is 12.3 Å². The third-order valence-electron chi connectivity index (χ3n) is 1.97. The highest BCUT2D eigenvalue weighted by Gasteiger charge is 2.05. The molecule has 0 spiro atoms. The maximum absolute atomic E-state index is 13.2. The fourth-order valence-corrected chi connectivity index (χ4v) is 1.26. The quantitative estimate of drug-likeness (QED) is 0.556. The number of aromatic nitrogens is 2. The highest BCUT2D eigenvalue weighted by atomic mass is 19.1. The van der Waals surface area contributed by atoms with Crippen LogP contribution < -0.4 is 0 Å². The number of terminal acetylenes is 1. The Morgan fingerprint density at radius 2 is 2.31 bits per heavy atom. The van der Waals surface area contributed by atoms with Crippen molar-refractivity contribution < 1.29 is 4.39 Å². The largest absolute Gasteiger partial charge is 0.334 e. The number of benzene rings is 1. The van der Waals surface area contributed by atoms with Gasteiger partial charge in [0, 0.05) is 13.1 Å². The molecule has 0 aliphatic carbocycles. The number of hydrogen-bond donors (Lipinski definition) is 0. The highest BCUT2D eigenvalue weighted by molar-refractivity contribution is 5.77. The Kier molecular flexibility index (Phi) is 1.56. The summed E-state index contributed by atoms with van der Waals surface area (Å²) >= 11 is 0. The zero-order valence-corrected chi connectivity index (χ0v) is 7.08. The zero-order valence-electron chi connectivity index (χ0n) is 7.08. The molecule has 1 heterocycles. The van der Waals surface area contributed by atoms with Crippen LogP contribution in [0.2, 0.25) is 0 Å². The van der Waals surface area contributed by atoms with Gasteiger partial charge >= 0.3 is 0 Å². The Hall–Kier alpha value is -1.82. The smallest absolute Gasteiger partial charge is 0.141 e. The summed E-state index contributed by atoms with van der Waals surface area (Å²) in [5.74, 6) is 1.90. The van der Waals surface area contributed by atoms with Crippen LogP contribution in [-0.2, 0) is 7.05 Å². The molecular formula is C10H7FN2. The monoisotopic (exact) mass is 174 g/mol. The van der Waals surface area contributed by atoms with Gasteiger partial charge in [0.2, 0.25) is 0 Å². The zero-order chi connectivity index (χ0) is 9.42. The Morgan fingerprint density at radius 3 is 3.00 bits per heavy atom. The first-order valence-corrected chi connectivity index (χ1v) is 3.79. The van der Waals surface area contributed by atoms with Gasteiger partial charge in [-0.3, -0.25) is 0 Å². The average molecular weight is 174 g/mol. The van der Waals surface area contributed by atoms with Crippen LogP contribution in [0.5, 0.6) is 0 Å². The Balaban J connectivity index is 2.85. The van der Waals surface area contributed by atoms with Gasteiger partial charge in [-0.25, -0.2) is 9.37 Å². The number of fused-ring (bicyclic) bond motifs is 1. The molecule has 0 radical (unpaired) electrons. The molecular weight excluding hydrogens is 167 g/mol. The van der Waals surface area contributed by atoms with E-state index in [1.165, 1.54) is 6.07 Å². The molecule has 1 aromatic heterocycles. The summed E-state index contributed by atoms with van der Waals surface area (Å²) in [6.07, 6.45) is 6.75. The van der Waals surface area contributed by atoms with E-state index in [2.05, 4.69) is 10.9 Å². The van der Waals surface area contributed by atoms with E-state index in [1.807, 2.05) is 7.05 Å². The molecule has 0 aliphatic rings. The molecule has 0 unspecified atom stereocenters. The van der Waals surface area contributed by atoms with Crippen molar-refractivity contribution in [1.29, 1.82) is 0 Å². The standard InChI is InChI=1S/C10H7FN2/c1-3-7-4-9-10(5-8(7)11)13(2)6-12-9/h1,4-6H,2H3. The fourth-order valence-electron chi connectivity index (χ4n) is 1.26. The molecule has 13 heavy (non-hydrogen) atoms. The molecule has 0 atom stereocenters. The summed E-state index contributed by atoms with van der Waals surface area (Å²) in [7, 11) is 1.81. The van der Waals surface area contributed by atoms with Crippen LogP contribution in [0.25, 0.3) is 11.0 Å². The van der Waals surface area contributed by atoms with E-state index in [-0.39, 0.29) is 11.4 Å². The van der Waals surface area contributed by atoms with Crippen molar-refractivity contribution in [3.63, 3.8) is 0 Å². The summed E-state index contributed by atoms with van der Waals surface area (Å²) in [4.78, 5) is 4.07. The highest BCUT2D eigenvalue weighted by Crippen LogP contribution is 2.16. The summed E-state index contributed by atoms with van der Waals surface area (Å²) in [6.45, 7) is 0. The van der Waals surface area contributed by atoms with Crippen LogP contribution in [0, 0.1) is 18.2 Å². The van der Waals surface area contributed by atoms with Gasteiger partial charge in [0.15, 0.2) is 0 Å². The molecule has 2 aromatic rings. The summed E-state index contributed by atoms with van der Waals surface area (Å²) in [5.41, 5.74) is 1.72. The molecule has 3 heteroatoms. The van der Waals surface area contributed by atoms with Crippen molar-refractivity contribution in [3.05, 3.63) is 29.8 Å². The second-order valence-corrected chi connectivity index (χ2v) is 2.82. The molecule has 0 amide bonds. The number of aryl methyl sites for hydroxylation is 1. The number of nitrogens with zero attached hydrogens (tertiary/aromatic N) is 2. The summed E-state index contributed by atoms with van der Waals surface area (Å²) in [6, 6.07) is 2.97. The van der Waals surface area contributed by atoms with Crippen molar-refractivity contribution in [2.24, 2.45) is 7.05 Å². The van der Waals surface area contributed by atoms with E-state index in [1.54, 1.807) is 17.0 Å². The molecule has 2 nitrogen and oxygen atoms in total. The first-order valence-electron chi connectivity index (χ1n) is 3.79. The van der Waals surface area contributed by atoms with Crippen LogP contribution in [-0.4, -0.2) is 9.55 Å². The molecule has 64 valence electrons.